The average molecular weight is 251 g/mol. The summed E-state index contributed by atoms with van der Waals surface area (Å²) >= 11 is 0. The van der Waals surface area contributed by atoms with Crippen LogP contribution in [0, 0.1) is 0 Å². The van der Waals surface area contributed by atoms with Crippen molar-refractivity contribution in [3.05, 3.63) is 30.3 Å². The monoisotopic (exact) mass is 251 g/mol. The Morgan fingerprint density at radius 2 is 1.78 bits per heavy atom. The van der Waals surface area contributed by atoms with Crippen molar-refractivity contribution >= 4 is 11.9 Å². The van der Waals surface area contributed by atoms with Gasteiger partial charge in [-0.25, -0.2) is 0 Å². The van der Waals surface area contributed by atoms with Gasteiger partial charge in [0.05, 0.1) is 6.61 Å². The summed E-state index contributed by atoms with van der Waals surface area (Å²) in [5.74, 6) is 0.548. The smallest absolute Gasteiger partial charge is 0.260 e. The highest BCUT2D eigenvalue weighted by Gasteiger charge is 1.93. The summed E-state index contributed by atoms with van der Waals surface area (Å²) in [7, 11) is 0. The molecule has 0 atom stereocenters. The molecule has 1 aromatic rings. The third kappa shape index (κ3) is 6.21. The number of nitrogens with zero attached hydrogens (tertiary/aromatic N) is 2. The fourth-order valence-electron chi connectivity index (χ4n) is 1.09. The summed E-state index contributed by atoms with van der Waals surface area (Å²) in [6, 6.07) is 9.51. The molecule has 0 saturated carbocycles. The van der Waals surface area contributed by atoms with Crippen molar-refractivity contribution in [3.8, 4) is 5.75 Å². The van der Waals surface area contributed by atoms with Crippen LogP contribution in [0.3, 0.4) is 0 Å². The number of nitrogens with two attached hydrogens (primary N) is 3. The third-order valence-corrected chi connectivity index (χ3v) is 1.79. The van der Waals surface area contributed by atoms with E-state index in [1.165, 1.54) is 0 Å². The lowest BCUT2D eigenvalue weighted by Crippen LogP contribution is -2.26. The molecule has 0 radical (unpaired) electrons. The minimum atomic E-state index is -0.160. The van der Waals surface area contributed by atoms with Gasteiger partial charge in [-0.05, 0) is 17.3 Å². The van der Waals surface area contributed by atoms with Gasteiger partial charge in [0.25, 0.3) is 5.96 Å². The Bertz CT molecular complexity index is 401. The Labute approximate surface area is 105 Å². The third-order valence-electron chi connectivity index (χ3n) is 1.79. The van der Waals surface area contributed by atoms with Gasteiger partial charge in [-0.15, -0.1) is 0 Å². The fourth-order valence-corrected chi connectivity index (χ4v) is 1.09. The topological polar surface area (TPSA) is 121 Å². The van der Waals surface area contributed by atoms with Crippen molar-refractivity contribution in [3.63, 3.8) is 0 Å². The van der Waals surface area contributed by atoms with Gasteiger partial charge < -0.3 is 26.8 Å². The van der Waals surface area contributed by atoms with Gasteiger partial charge in [0, 0.05) is 6.42 Å². The highest BCUT2D eigenvalue weighted by atomic mass is 16.6. The SMILES string of the molecule is NC(N)=NC(N)=NOCCCOc1ccccc1. The van der Waals surface area contributed by atoms with Crippen LogP contribution in [-0.2, 0) is 4.84 Å². The number of oxime groups is 1. The van der Waals surface area contributed by atoms with Crippen molar-refractivity contribution in [1.29, 1.82) is 0 Å². The maximum Gasteiger partial charge on any atom is 0.260 e. The Hall–Kier alpha value is -2.44. The van der Waals surface area contributed by atoms with E-state index in [9.17, 15) is 0 Å². The van der Waals surface area contributed by atoms with Gasteiger partial charge in [0.2, 0.25) is 0 Å². The number of benzene rings is 1. The molecule has 98 valence electrons. The molecule has 1 rings (SSSR count). The number of guanidine groups is 2. The summed E-state index contributed by atoms with van der Waals surface area (Å²) in [6.07, 6.45) is 0.674. The van der Waals surface area contributed by atoms with E-state index in [4.69, 9.17) is 26.8 Å². The van der Waals surface area contributed by atoms with Crippen LogP contribution in [0.5, 0.6) is 5.75 Å². The van der Waals surface area contributed by atoms with E-state index in [1.54, 1.807) is 0 Å². The molecule has 18 heavy (non-hydrogen) atoms. The molecule has 6 N–H and O–H groups in total. The fraction of sp³-hybridized carbons (Fsp3) is 0.273. The second-order valence-corrected chi connectivity index (χ2v) is 3.33. The Morgan fingerprint density at radius 1 is 1.06 bits per heavy atom. The Kier molecular flexibility index (Phi) is 5.88. The molecule has 0 fully saturated rings. The van der Waals surface area contributed by atoms with Gasteiger partial charge in [0.15, 0.2) is 5.96 Å². The lowest BCUT2D eigenvalue weighted by atomic mass is 10.3. The number of aliphatic imine (C=N–C) groups is 1. The van der Waals surface area contributed by atoms with E-state index in [0.717, 1.165) is 5.75 Å². The molecule has 0 unspecified atom stereocenters. The zero-order chi connectivity index (χ0) is 13.2. The molecule has 0 aliphatic rings. The number of hydrogen-bond acceptors (Lipinski definition) is 3. The van der Waals surface area contributed by atoms with Crippen LogP contribution in [0.4, 0.5) is 0 Å². The number of ether oxygens (including phenoxy) is 1. The van der Waals surface area contributed by atoms with Gasteiger partial charge in [-0.3, -0.25) is 0 Å². The lowest BCUT2D eigenvalue weighted by molar-refractivity contribution is 0.127. The molecule has 0 saturated heterocycles. The molecular formula is C11H17N5O2. The largest absolute Gasteiger partial charge is 0.493 e. The average Bonchev–Trinajstić information content (AvgIpc) is 2.34. The van der Waals surface area contributed by atoms with Crippen molar-refractivity contribution in [2.45, 2.75) is 6.42 Å². The molecule has 0 spiro atoms. The first-order valence-corrected chi connectivity index (χ1v) is 5.41. The van der Waals surface area contributed by atoms with E-state index in [1.807, 2.05) is 30.3 Å². The first kappa shape index (κ1) is 13.6. The molecule has 0 aliphatic heterocycles. The van der Waals surface area contributed by atoms with Gasteiger partial charge >= 0.3 is 0 Å². The Balaban J connectivity index is 2.11. The standard InChI is InChI=1S/C11H17N5O2/c12-10(13)15-11(14)16-18-8-4-7-17-9-5-2-1-3-6-9/h1-3,5-6H,4,7-8H2,(H6,12,13,14,15,16). The Morgan fingerprint density at radius 3 is 2.44 bits per heavy atom. The maximum absolute atomic E-state index is 5.45. The number of rotatable bonds is 6. The predicted octanol–water partition coefficient (Wildman–Crippen LogP) is -0.0248. The molecule has 1 aromatic carbocycles. The summed E-state index contributed by atoms with van der Waals surface area (Å²) < 4.78 is 5.45. The molecular weight excluding hydrogens is 234 g/mol. The van der Waals surface area contributed by atoms with Crippen LogP contribution in [0.2, 0.25) is 0 Å². The predicted molar refractivity (Wildman–Crippen MR) is 69.9 cm³/mol. The summed E-state index contributed by atoms with van der Waals surface area (Å²) in [6.45, 7) is 0.898. The molecule has 0 aromatic heterocycles. The van der Waals surface area contributed by atoms with Gasteiger partial charge in [-0.2, -0.15) is 4.99 Å². The quantitative estimate of drug-likeness (QED) is 0.284. The lowest BCUT2D eigenvalue weighted by Gasteiger charge is -2.04. The molecule has 0 bridgehead atoms. The van der Waals surface area contributed by atoms with Crippen LogP contribution in [-0.4, -0.2) is 25.1 Å². The first-order valence-electron chi connectivity index (χ1n) is 5.41. The summed E-state index contributed by atoms with van der Waals surface area (Å²) in [5.41, 5.74) is 15.5. The van der Waals surface area contributed by atoms with E-state index < -0.39 is 0 Å². The normalized spacial score (nSPS) is 10.8. The zero-order valence-corrected chi connectivity index (χ0v) is 9.95. The molecule has 0 amide bonds. The first-order chi connectivity index (χ1) is 8.68. The number of para-hydroxylation sites is 1. The van der Waals surface area contributed by atoms with Crippen LogP contribution in [0.1, 0.15) is 6.42 Å². The maximum atomic E-state index is 5.45. The van der Waals surface area contributed by atoms with E-state index in [2.05, 4.69) is 10.1 Å². The van der Waals surface area contributed by atoms with Crippen LogP contribution in [0.15, 0.2) is 40.5 Å². The summed E-state index contributed by atoms with van der Waals surface area (Å²) in [4.78, 5) is 8.39. The van der Waals surface area contributed by atoms with E-state index >= 15 is 0 Å². The molecule has 0 aliphatic carbocycles. The minimum absolute atomic E-state index is 0.112. The van der Waals surface area contributed by atoms with E-state index in [-0.39, 0.29) is 11.9 Å². The van der Waals surface area contributed by atoms with Crippen LogP contribution in [0.25, 0.3) is 0 Å². The van der Waals surface area contributed by atoms with Crippen molar-refractivity contribution in [1.82, 2.24) is 0 Å². The molecule has 7 heteroatoms. The second-order valence-electron chi connectivity index (χ2n) is 3.33. The number of hydrogen-bond donors (Lipinski definition) is 3. The molecule has 0 heterocycles. The van der Waals surface area contributed by atoms with Gasteiger partial charge in [-0.1, -0.05) is 18.2 Å². The highest BCUT2D eigenvalue weighted by Crippen LogP contribution is 2.08. The molecule has 7 nitrogen and oxygen atoms in total. The van der Waals surface area contributed by atoms with Crippen molar-refractivity contribution < 1.29 is 9.57 Å². The van der Waals surface area contributed by atoms with E-state index in [0.29, 0.717) is 19.6 Å². The van der Waals surface area contributed by atoms with Crippen molar-refractivity contribution in [2.75, 3.05) is 13.2 Å². The highest BCUT2D eigenvalue weighted by molar-refractivity contribution is 5.92. The zero-order valence-electron chi connectivity index (χ0n) is 9.95. The second kappa shape index (κ2) is 7.77. The van der Waals surface area contributed by atoms with Crippen LogP contribution < -0.4 is 21.9 Å². The minimum Gasteiger partial charge on any atom is -0.493 e. The summed E-state index contributed by atoms with van der Waals surface area (Å²) in [5, 5.41) is 3.50. The van der Waals surface area contributed by atoms with Crippen LogP contribution >= 0.6 is 0 Å². The van der Waals surface area contributed by atoms with Crippen molar-refractivity contribution in [2.24, 2.45) is 27.3 Å². The van der Waals surface area contributed by atoms with Gasteiger partial charge in [0.1, 0.15) is 12.4 Å².